The Morgan fingerprint density at radius 3 is 2.36 bits per heavy atom. The number of ether oxygens (including phenoxy) is 2. The van der Waals surface area contributed by atoms with Gasteiger partial charge in [0.25, 0.3) is 0 Å². The molecular weight excluding hydrogens is 348 g/mol. The van der Waals surface area contributed by atoms with Crippen molar-refractivity contribution in [1.29, 1.82) is 0 Å². The molecule has 4 rings (SSSR count). The normalized spacial score (nSPS) is 10.6. The molecule has 3 aromatic carbocycles. The highest BCUT2D eigenvalue weighted by atomic mass is 16.5. The monoisotopic (exact) mass is 370 g/mol. The van der Waals surface area contributed by atoms with Crippen molar-refractivity contribution < 1.29 is 9.47 Å². The van der Waals surface area contributed by atoms with Crippen LogP contribution < -0.4 is 14.8 Å². The molecule has 4 nitrogen and oxygen atoms in total. The number of benzene rings is 3. The van der Waals surface area contributed by atoms with E-state index in [9.17, 15) is 0 Å². The number of methoxy groups -OCH3 is 2. The maximum Gasteiger partial charge on any atom is 0.119 e. The molecular formula is C24H22N2O2. The van der Waals surface area contributed by atoms with Crippen molar-refractivity contribution in [2.24, 2.45) is 0 Å². The molecule has 0 saturated carbocycles. The number of hydrogen-bond donors (Lipinski definition) is 1. The van der Waals surface area contributed by atoms with Crippen LogP contribution in [0.5, 0.6) is 11.5 Å². The number of anilines is 1. The molecule has 0 radical (unpaired) electrons. The van der Waals surface area contributed by atoms with E-state index in [0.29, 0.717) is 6.54 Å². The molecule has 0 unspecified atom stereocenters. The van der Waals surface area contributed by atoms with Gasteiger partial charge in [-0.3, -0.25) is 0 Å². The molecule has 0 atom stereocenters. The topological polar surface area (TPSA) is 43.4 Å². The predicted octanol–water partition coefficient (Wildman–Crippen LogP) is 5.53. The van der Waals surface area contributed by atoms with Gasteiger partial charge < -0.3 is 14.8 Å². The second kappa shape index (κ2) is 8.01. The Morgan fingerprint density at radius 2 is 1.57 bits per heavy atom. The van der Waals surface area contributed by atoms with Crippen LogP contribution in [0.2, 0.25) is 0 Å². The largest absolute Gasteiger partial charge is 0.497 e. The highest BCUT2D eigenvalue weighted by molar-refractivity contribution is 5.93. The maximum absolute atomic E-state index is 5.32. The average molecular weight is 370 g/mol. The molecule has 0 aliphatic heterocycles. The lowest BCUT2D eigenvalue weighted by Gasteiger charge is -2.13. The molecule has 4 heteroatoms. The van der Waals surface area contributed by atoms with Crippen LogP contribution in [-0.2, 0) is 6.54 Å². The second-order valence-electron chi connectivity index (χ2n) is 6.51. The van der Waals surface area contributed by atoms with Crippen molar-refractivity contribution in [3.05, 3.63) is 84.4 Å². The molecule has 1 heterocycles. The molecule has 0 saturated heterocycles. The summed E-state index contributed by atoms with van der Waals surface area (Å²) in [6.45, 7) is 0.702. The van der Waals surface area contributed by atoms with Gasteiger partial charge in [0.15, 0.2) is 0 Å². The van der Waals surface area contributed by atoms with Gasteiger partial charge >= 0.3 is 0 Å². The minimum Gasteiger partial charge on any atom is -0.497 e. The highest BCUT2D eigenvalue weighted by Gasteiger charge is 2.08. The first-order valence-corrected chi connectivity index (χ1v) is 9.18. The quantitative estimate of drug-likeness (QED) is 0.484. The van der Waals surface area contributed by atoms with Gasteiger partial charge in [-0.1, -0.05) is 30.3 Å². The van der Waals surface area contributed by atoms with Crippen LogP contribution in [0.3, 0.4) is 0 Å². The summed E-state index contributed by atoms with van der Waals surface area (Å²) in [5.74, 6) is 1.69. The lowest BCUT2D eigenvalue weighted by atomic mass is 10.1. The molecule has 1 N–H and O–H groups in total. The fourth-order valence-corrected chi connectivity index (χ4v) is 3.21. The molecule has 1 aromatic heterocycles. The summed E-state index contributed by atoms with van der Waals surface area (Å²) in [6.07, 6.45) is 0. The Kier molecular flexibility index (Phi) is 5.11. The van der Waals surface area contributed by atoms with Crippen LogP contribution in [0.25, 0.3) is 22.2 Å². The summed E-state index contributed by atoms with van der Waals surface area (Å²) >= 11 is 0. The molecule has 0 aliphatic carbocycles. The van der Waals surface area contributed by atoms with E-state index in [4.69, 9.17) is 14.5 Å². The highest BCUT2D eigenvalue weighted by Crippen LogP contribution is 2.29. The zero-order valence-electron chi connectivity index (χ0n) is 16.0. The predicted molar refractivity (Wildman–Crippen MR) is 114 cm³/mol. The van der Waals surface area contributed by atoms with Gasteiger partial charge in [0.2, 0.25) is 0 Å². The van der Waals surface area contributed by atoms with Crippen molar-refractivity contribution in [2.45, 2.75) is 6.54 Å². The number of nitrogens with one attached hydrogen (secondary N) is 1. The number of pyridine rings is 1. The zero-order valence-corrected chi connectivity index (χ0v) is 16.0. The third kappa shape index (κ3) is 3.76. The number of para-hydroxylation sites is 1. The molecule has 0 spiro atoms. The van der Waals surface area contributed by atoms with Crippen molar-refractivity contribution in [1.82, 2.24) is 4.98 Å². The minimum absolute atomic E-state index is 0.702. The SMILES string of the molecule is COc1ccc(-c2cc(NCc3cccc(OC)c3)c3ccccc3n2)cc1. The summed E-state index contributed by atoms with van der Waals surface area (Å²) in [7, 11) is 3.36. The lowest BCUT2D eigenvalue weighted by Crippen LogP contribution is -2.01. The Labute approximate surface area is 164 Å². The third-order valence-electron chi connectivity index (χ3n) is 4.72. The number of fused-ring (bicyclic) bond motifs is 1. The van der Waals surface area contributed by atoms with Gasteiger partial charge in [-0.05, 0) is 54.1 Å². The Balaban J connectivity index is 1.69. The fraction of sp³-hybridized carbons (Fsp3) is 0.125. The van der Waals surface area contributed by atoms with Gasteiger partial charge in [0, 0.05) is 23.2 Å². The Morgan fingerprint density at radius 1 is 0.786 bits per heavy atom. The van der Waals surface area contributed by atoms with Gasteiger partial charge in [0.05, 0.1) is 25.4 Å². The van der Waals surface area contributed by atoms with E-state index in [-0.39, 0.29) is 0 Å². The molecule has 0 fully saturated rings. The third-order valence-corrected chi connectivity index (χ3v) is 4.72. The zero-order chi connectivity index (χ0) is 19.3. The van der Waals surface area contributed by atoms with E-state index < -0.39 is 0 Å². The lowest BCUT2D eigenvalue weighted by molar-refractivity contribution is 0.414. The molecule has 0 amide bonds. The van der Waals surface area contributed by atoms with Gasteiger partial charge in [0.1, 0.15) is 11.5 Å². The van der Waals surface area contributed by atoms with Gasteiger partial charge in [-0.2, -0.15) is 0 Å². The molecule has 4 aromatic rings. The van der Waals surface area contributed by atoms with Crippen LogP contribution in [0.1, 0.15) is 5.56 Å². The van der Waals surface area contributed by atoms with Crippen molar-refractivity contribution in [2.75, 3.05) is 19.5 Å². The van der Waals surface area contributed by atoms with Crippen LogP contribution in [0.4, 0.5) is 5.69 Å². The summed E-state index contributed by atoms with van der Waals surface area (Å²) in [6, 6.07) is 26.3. The smallest absolute Gasteiger partial charge is 0.119 e. The van der Waals surface area contributed by atoms with Gasteiger partial charge in [-0.25, -0.2) is 4.98 Å². The van der Waals surface area contributed by atoms with E-state index in [1.807, 2.05) is 60.7 Å². The van der Waals surface area contributed by atoms with E-state index in [1.165, 1.54) is 0 Å². The van der Waals surface area contributed by atoms with Gasteiger partial charge in [-0.15, -0.1) is 0 Å². The second-order valence-corrected chi connectivity index (χ2v) is 6.51. The number of hydrogen-bond acceptors (Lipinski definition) is 4. The molecule has 0 aliphatic rings. The number of rotatable bonds is 6. The van der Waals surface area contributed by atoms with E-state index in [1.54, 1.807) is 14.2 Å². The van der Waals surface area contributed by atoms with E-state index >= 15 is 0 Å². The van der Waals surface area contributed by atoms with Crippen molar-refractivity contribution in [3.8, 4) is 22.8 Å². The molecule has 140 valence electrons. The average Bonchev–Trinajstić information content (AvgIpc) is 2.77. The number of aromatic nitrogens is 1. The van der Waals surface area contributed by atoms with Crippen LogP contribution >= 0.6 is 0 Å². The summed E-state index contributed by atoms with van der Waals surface area (Å²) in [5.41, 5.74) is 5.15. The molecule has 28 heavy (non-hydrogen) atoms. The fourth-order valence-electron chi connectivity index (χ4n) is 3.21. The van der Waals surface area contributed by atoms with Crippen LogP contribution in [0, 0.1) is 0 Å². The first kappa shape index (κ1) is 17.9. The van der Waals surface area contributed by atoms with E-state index in [0.717, 1.165) is 44.9 Å². The van der Waals surface area contributed by atoms with Crippen LogP contribution in [0.15, 0.2) is 78.9 Å². The summed E-state index contributed by atoms with van der Waals surface area (Å²) < 4.78 is 10.6. The van der Waals surface area contributed by atoms with Crippen molar-refractivity contribution in [3.63, 3.8) is 0 Å². The van der Waals surface area contributed by atoms with Crippen LogP contribution in [-0.4, -0.2) is 19.2 Å². The van der Waals surface area contributed by atoms with Crippen molar-refractivity contribution >= 4 is 16.6 Å². The summed E-state index contributed by atoms with van der Waals surface area (Å²) in [5, 5.41) is 4.67. The Bertz CT molecular complexity index is 1090. The first-order valence-electron chi connectivity index (χ1n) is 9.18. The summed E-state index contributed by atoms with van der Waals surface area (Å²) in [4.78, 5) is 4.84. The Hall–Kier alpha value is -3.53. The first-order chi connectivity index (χ1) is 13.8. The standard InChI is InChI=1S/C24H22N2O2/c1-27-19-12-10-18(11-13-19)23-15-24(21-8-3-4-9-22(21)26-23)25-16-17-6-5-7-20(14-17)28-2/h3-15H,16H2,1-2H3,(H,25,26). The maximum atomic E-state index is 5.32. The minimum atomic E-state index is 0.702. The van der Waals surface area contributed by atoms with E-state index in [2.05, 4.69) is 23.5 Å². The molecule has 0 bridgehead atoms. The number of nitrogens with zero attached hydrogens (tertiary/aromatic N) is 1.